The van der Waals surface area contributed by atoms with Gasteiger partial charge in [0.1, 0.15) is 11.5 Å². The number of ether oxygens (including phenoxy) is 2. The van der Waals surface area contributed by atoms with Gasteiger partial charge in [-0.2, -0.15) is 0 Å². The summed E-state index contributed by atoms with van der Waals surface area (Å²) in [6.07, 6.45) is 3.56. The standard InChI is InChI=1S/C18H21NO5S/c1-23-17-10-11-18(16-5-3-2-4-15(16)17)25(21,22)19-13-6-8-14(9-7-13)24-12-20/h6-11,19-20H,2-5,12H2,1H3. The molecule has 0 aliphatic heterocycles. The summed E-state index contributed by atoms with van der Waals surface area (Å²) in [4.78, 5) is 0.304. The molecule has 3 rings (SSSR count). The minimum atomic E-state index is -3.70. The fourth-order valence-electron chi connectivity index (χ4n) is 3.15. The summed E-state index contributed by atoms with van der Waals surface area (Å²) in [5.74, 6) is 1.21. The average Bonchev–Trinajstić information content (AvgIpc) is 2.62. The third-order valence-electron chi connectivity index (χ3n) is 4.30. The molecule has 0 saturated heterocycles. The topological polar surface area (TPSA) is 84.9 Å². The van der Waals surface area contributed by atoms with Gasteiger partial charge >= 0.3 is 0 Å². The summed E-state index contributed by atoms with van der Waals surface area (Å²) in [5.41, 5.74) is 2.27. The molecule has 1 aliphatic carbocycles. The van der Waals surface area contributed by atoms with Crippen molar-refractivity contribution in [1.82, 2.24) is 0 Å². The highest BCUT2D eigenvalue weighted by molar-refractivity contribution is 7.92. The minimum Gasteiger partial charge on any atom is -0.496 e. The van der Waals surface area contributed by atoms with Crippen molar-refractivity contribution in [1.29, 1.82) is 0 Å². The first kappa shape index (κ1) is 17.6. The van der Waals surface area contributed by atoms with Crippen molar-refractivity contribution < 1.29 is 23.0 Å². The van der Waals surface area contributed by atoms with Gasteiger partial charge in [-0.3, -0.25) is 4.72 Å². The van der Waals surface area contributed by atoms with Crippen molar-refractivity contribution in [2.45, 2.75) is 30.6 Å². The van der Waals surface area contributed by atoms with Crippen molar-refractivity contribution in [2.24, 2.45) is 0 Å². The van der Waals surface area contributed by atoms with Gasteiger partial charge in [0.15, 0.2) is 6.79 Å². The normalized spacial score (nSPS) is 13.8. The van der Waals surface area contributed by atoms with Crippen LogP contribution in [-0.2, 0) is 22.9 Å². The van der Waals surface area contributed by atoms with E-state index in [0.29, 0.717) is 16.3 Å². The quantitative estimate of drug-likeness (QED) is 0.771. The summed E-state index contributed by atoms with van der Waals surface area (Å²) in [7, 11) is -2.10. The first-order valence-electron chi connectivity index (χ1n) is 8.10. The molecular weight excluding hydrogens is 342 g/mol. The fraction of sp³-hybridized carbons (Fsp3) is 0.333. The van der Waals surface area contributed by atoms with Crippen LogP contribution in [0.5, 0.6) is 11.5 Å². The van der Waals surface area contributed by atoms with Crippen molar-refractivity contribution in [3.63, 3.8) is 0 Å². The second-order valence-electron chi connectivity index (χ2n) is 5.83. The first-order chi connectivity index (χ1) is 12.0. The summed E-state index contributed by atoms with van der Waals surface area (Å²) in [6, 6.07) is 9.71. The number of benzene rings is 2. The Labute approximate surface area is 147 Å². The molecule has 7 heteroatoms. The molecule has 0 heterocycles. The van der Waals surface area contributed by atoms with Gasteiger partial charge in [0.25, 0.3) is 10.0 Å². The second-order valence-corrected chi connectivity index (χ2v) is 7.48. The number of aliphatic hydroxyl groups is 1. The predicted molar refractivity (Wildman–Crippen MR) is 94.6 cm³/mol. The van der Waals surface area contributed by atoms with Crippen LogP contribution in [0.2, 0.25) is 0 Å². The number of nitrogens with one attached hydrogen (secondary N) is 1. The first-order valence-corrected chi connectivity index (χ1v) is 9.59. The molecule has 0 amide bonds. The van der Waals surface area contributed by atoms with E-state index in [9.17, 15) is 8.42 Å². The van der Waals surface area contributed by atoms with Crippen molar-refractivity contribution in [2.75, 3.05) is 18.6 Å². The molecule has 0 saturated carbocycles. The molecule has 0 fully saturated rings. The summed E-state index contributed by atoms with van der Waals surface area (Å²) in [6.45, 7) is -0.428. The molecule has 0 atom stereocenters. The Morgan fingerprint density at radius 2 is 1.72 bits per heavy atom. The van der Waals surface area contributed by atoms with Crippen LogP contribution in [-0.4, -0.2) is 27.4 Å². The van der Waals surface area contributed by atoms with Gasteiger partial charge < -0.3 is 14.6 Å². The molecule has 25 heavy (non-hydrogen) atoms. The van der Waals surface area contributed by atoms with Gasteiger partial charge in [0.2, 0.25) is 0 Å². The number of aliphatic hydroxyl groups excluding tert-OH is 1. The molecule has 0 radical (unpaired) electrons. The number of sulfonamides is 1. The Morgan fingerprint density at radius 3 is 2.36 bits per heavy atom. The van der Waals surface area contributed by atoms with Crippen molar-refractivity contribution in [3.8, 4) is 11.5 Å². The molecule has 2 N–H and O–H groups in total. The lowest BCUT2D eigenvalue weighted by Crippen LogP contribution is -2.18. The minimum absolute atomic E-state index is 0.304. The van der Waals surface area contributed by atoms with Crippen LogP contribution in [0.4, 0.5) is 5.69 Å². The van der Waals surface area contributed by atoms with Gasteiger partial charge in [-0.05, 0) is 73.2 Å². The largest absolute Gasteiger partial charge is 0.496 e. The van der Waals surface area contributed by atoms with E-state index in [-0.39, 0.29) is 0 Å². The lowest BCUT2D eigenvalue weighted by atomic mass is 9.91. The van der Waals surface area contributed by atoms with Crippen molar-refractivity contribution in [3.05, 3.63) is 47.5 Å². The number of hydrogen-bond acceptors (Lipinski definition) is 5. The Bertz CT molecular complexity index is 847. The third-order valence-corrected chi connectivity index (χ3v) is 5.76. The predicted octanol–water partition coefficient (Wildman–Crippen LogP) is 2.70. The zero-order chi connectivity index (χ0) is 17.9. The Balaban J connectivity index is 1.92. The van der Waals surface area contributed by atoms with Gasteiger partial charge in [-0.25, -0.2) is 8.42 Å². The molecular formula is C18H21NO5S. The molecule has 2 aromatic rings. The van der Waals surface area contributed by atoms with E-state index in [4.69, 9.17) is 14.6 Å². The van der Waals surface area contributed by atoms with Gasteiger partial charge in [0.05, 0.1) is 12.0 Å². The van der Waals surface area contributed by atoms with Crippen LogP contribution >= 0.6 is 0 Å². The molecule has 0 bridgehead atoms. The van der Waals surface area contributed by atoms with E-state index in [0.717, 1.165) is 42.6 Å². The molecule has 0 spiro atoms. The summed E-state index contributed by atoms with van der Waals surface area (Å²) < 4.78 is 38.7. The van der Waals surface area contributed by atoms with Crippen LogP contribution in [0.3, 0.4) is 0 Å². The molecule has 0 unspecified atom stereocenters. The number of rotatable bonds is 6. The smallest absolute Gasteiger partial charge is 0.262 e. The third kappa shape index (κ3) is 3.72. The van der Waals surface area contributed by atoms with Gasteiger partial charge in [0, 0.05) is 5.69 Å². The van der Waals surface area contributed by atoms with E-state index in [1.165, 1.54) is 0 Å². The van der Waals surface area contributed by atoms with Crippen LogP contribution in [0.1, 0.15) is 24.0 Å². The Kier molecular flexibility index (Phi) is 5.15. The molecule has 0 aromatic heterocycles. The molecule has 6 nitrogen and oxygen atoms in total. The molecule has 134 valence electrons. The average molecular weight is 363 g/mol. The zero-order valence-corrected chi connectivity index (χ0v) is 14.8. The summed E-state index contributed by atoms with van der Waals surface area (Å²) >= 11 is 0. The maximum absolute atomic E-state index is 12.9. The zero-order valence-electron chi connectivity index (χ0n) is 14.0. The lowest BCUT2D eigenvalue weighted by molar-refractivity contribution is 0.0985. The Morgan fingerprint density at radius 1 is 1.04 bits per heavy atom. The SMILES string of the molecule is COc1ccc(S(=O)(=O)Nc2ccc(OCO)cc2)c2c1CCCC2. The van der Waals surface area contributed by atoms with Gasteiger partial charge in [-0.1, -0.05) is 0 Å². The van der Waals surface area contributed by atoms with Crippen molar-refractivity contribution >= 4 is 15.7 Å². The monoisotopic (exact) mass is 363 g/mol. The highest BCUT2D eigenvalue weighted by atomic mass is 32.2. The van der Waals surface area contributed by atoms with E-state index < -0.39 is 16.8 Å². The van der Waals surface area contributed by atoms with E-state index in [1.807, 2.05) is 0 Å². The maximum Gasteiger partial charge on any atom is 0.262 e. The number of fused-ring (bicyclic) bond motifs is 1. The van der Waals surface area contributed by atoms with E-state index in [1.54, 1.807) is 43.5 Å². The molecule has 1 aliphatic rings. The second kappa shape index (κ2) is 7.33. The van der Waals surface area contributed by atoms with Crippen LogP contribution in [0.15, 0.2) is 41.3 Å². The maximum atomic E-state index is 12.9. The van der Waals surface area contributed by atoms with E-state index in [2.05, 4.69) is 4.72 Å². The number of anilines is 1. The van der Waals surface area contributed by atoms with Crippen LogP contribution < -0.4 is 14.2 Å². The fourth-order valence-corrected chi connectivity index (χ4v) is 4.50. The Hall–Kier alpha value is -2.25. The lowest BCUT2D eigenvalue weighted by Gasteiger charge is -2.22. The highest BCUT2D eigenvalue weighted by Gasteiger charge is 2.25. The highest BCUT2D eigenvalue weighted by Crippen LogP contribution is 2.34. The van der Waals surface area contributed by atoms with Crippen LogP contribution in [0.25, 0.3) is 0 Å². The van der Waals surface area contributed by atoms with E-state index >= 15 is 0 Å². The molecule has 2 aromatic carbocycles. The van der Waals surface area contributed by atoms with Crippen LogP contribution in [0, 0.1) is 0 Å². The summed E-state index contributed by atoms with van der Waals surface area (Å²) in [5, 5.41) is 8.74. The number of methoxy groups -OCH3 is 1. The number of hydrogen-bond donors (Lipinski definition) is 2. The van der Waals surface area contributed by atoms with Gasteiger partial charge in [-0.15, -0.1) is 0 Å².